The molecule has 0 aromatic carbocycles. The molecule has 1 aliphatic heterocycles. The predicted octanol–water partition coefficient (Wildman–Crippen LogP) is 3.45. The van der Waals surface area contributed by atoms with Gasteiger partial charge in [0.25, 0.3) is 0 Å². The Morgan fingerprint density at radius 3 is 2.74 bits per heavy atom. The number of methoxy groups -OCH3 is 1. The summed E-state index contributed by atoms with van der Waals surface area (Å²) >= 11 is 1.37. The van der Waals surface area contributed by atoms with Crippen molar-refractivity contribution in [1.82, 2.24) is 14.3 Å². The molecule has 6 nitrogen and oxygen atoms in total. The molecule has 0 spiro atoms. The molecule has 0 radical (unpaired) electrons. The molecular formula is C17H22F3N5OS. The fraction of sp³-hybridized carbons (Fsp3) is 0.588. The number of halogens is 3. The number of hydrogen-bond donors (Lipinski definition) is 0. The molecule has 2 aromatic rings. The summed E-state index contributed by atoms with van der Waals surface area (Å²) in [4.78, 5) is 12.6. The number of piperidine rings is 1. The van der Waals surface area contributed by atoms with Gasteiger partial charge >= 0.3 is 6.18 Å². The Hall–Kier alpha value is -1.94. The fourth-order valence-electron chi connectivity index (χ4n) is 3.15. The van der Waals surface area contributed by atoms with Gasteiger partial charge in [0.15, 0.2) is 5.82 Å². The van der Waals surface area contributed by atoms with Crippen molar-refractivity contribution in [2.45, 2.75) is 25.6 Å². The maximum Gasteiger partial charge on any atom is 0.416 e. The van der Waals surface area contributed by atoms with E-state index in [0.717, 1.165) is 43.2 Å². The lowest BCUT2D eigenvalue weighted by molar-refractivity contribution is -0.137. The number of hydrogen-bond acceptors (Lipinski definition) is 7. The van der Waals surface area contributed by atoms with E-state index in [1.807, 2.05) is 0 Å². The average Bonchev–Trinajstić information content (AvgIpc) is 3.11. The van der Waals surface area contributed by atoms with Gasteiger partial charge in [-0.1, -0.05) is 0 Å². The summed E-state index contributed by atoms with van der Waals surface area (Å²) in [7, 11) is 3.40. The third-order valence-corrected chi connectivity index (χ3v) is 5.43. The van der Waals surface area contributed by atoms with Crippen LogP contribution in [0, 0.1) is 5.92 Å². The second kappa shape index (κ2) is 8.39. The summed E-state index contributed by atoms with van der Waals surface area (Å²) in [5, 5.41) is 0.897. The summed E-state index contributed by atoms with van der Waals surface area (Å²) in [5.41, 5.74) is -0.669. The number of pyridine rings is 1. The van der Waals surface area contributed by atoms with Gasteiger partial charge in [-0.15, -0.1) is 0 Å². The van der Waals surface area contributed by atoms with Crippen LogP contribution >= 0.6 is 11.5 Å². The van der Waals surface area contributed by atoms with Gasteiger partial charge < -0.3 is 14.5 Å². The zero-order valence-corrected chi connectivity index (χ0v) is 16.1. The first-order valence-electron chi connectivity index (χ1n) is 8.67. The first-order chi connectivity index (χ1) is 12.9. The molecule has 0 aliphatic carbocycles. The van der Waals surface area contributed by atoms with Crippen molar-refractivity contribution >= 4 is 22.5 Å². The van der Waals surface area contributed by atoms with Gasteiger partial charge in [0, 0.05) is 51.5 Å². The highest BCUT2D eigenvalue weighted by molar-refractivity contribution is 7.09. The van der Waals surface area contributed by atoms with Gasteiger partial charge in [-0.05, 0) is 30.9 Å². The standard InChI is InChI=1S/C17H22F3N5OS/c1-24(15-9-13(3-6-21-15)17(18,19)20)10-12-4-7-25(8-5-12)16-22-14(11-26-2)23-27-16/h3,6,9,12H,4-5,7-8,10-11H2,1-2H3. The van der Waals surface area contributed by atoms with Crippen LogP contribution in [0.3, 0.4) is 0 Å². The monoisotopic (exact) mass is 401 g/mol. The molecule has 0 unspecified atom stereocenters. The van der Waals surface area contributed by atoms with Crippen molar-refractivity contribution in [2.75, 3.05) is 43.6 Å². The zero-order valence-electron chi connectivity index (χ0n) is 15.2. The van der Waals surface area contributed by atoms with Crippen LogP contribution in [-0.4, -0.2) is 48.1 Å². The average molecular weight is 401 g/mol. The highest BCUT2D eigenvalue weighted by Crippen LogP contribution is 2.31. The molecule has 2 aromatic heterocycles. The quantitative estimate of drug-likeness (QED) is 0.739. The van der Waals surface area contributed by atoms with E-state index in [1.165, 1.54) is 17.7 Å². The number of ether oxygens (including phenoxy) is 1. The number of alkyl halides is 3. The largest absolute Gasteiger partial charge is 0.416 e. The maximum atomic E-state index is 12.9. The van der Waals surface area contributed by atoms with Crippen LogP contribution in [0.25, 0.3) is 0 Å². The Balaban J connectivity index is 1.54. The van der Waals surface area contributed by atoms with Crippen LogP contribution in [0.2, 0.25) is 0 Å². The van der Waals surface area contributed by atoms with E-state index >= 15 is 0 Å². The normalized spacial score (nSPS) is 16.0. The third kappa shape index (κ3) is 5.07. The summed E-state index contributed by atoms with van der Waals surface area (Å²) < 4.78 is 47.9. The predicted molar refractivity (Wildman–Crippen MR) is 98.1 cm³/mol. The van der Waals surface area contributed by atoms with Crippen molar-refractivity contribution in [2.24, 2.45) is 5.92 Å². The molecule has 27 heavy (non-hydrogen) atoms. The Kier molecular flexibility index (Phi) is 6.15. The molecule has 3 rings (SSSR count). The molecule has 0 N–H and O–H groups in total. The molecule has 0 saturated carbocycles. The van der Waals surface area contributed by atoms with E-state index in [0.29, 0.717) is 30.7 Å². The van der Waals surface area contributed by atoms with E-state index in [9.17, 15) is 13.2 Å². The van der Waals surface area contributed by atoms with E-state index in [2.05, 4.69) is 19.2 Å². The molecular weight excluding hydrogens is 379 g/mol. The highest BCUT2D eigenvalue weighted by atomic mass is 32.1. The second-order valence-electron chi connectivity index (χ2n) is 6.64. The summed E-state index contributed by atoms with van der Waals surface area (Å²) in [6, 6.07) is 2.10. The first kappa shape index (κ1) is 19.8. The third-order valence-electron chi connectivity index (χ3n) is 4.61. The first-order valence-corrected chi connectivity index (χ1v) is 9.45. The summed E-state index contributed by atoms with van der Waals surface area (Å²) in [5.74, 6) is 1.43. The van der Waals surface area contributed by atoms with Crippen molar-refractivity contribution in [1.29, 1.82) is 0 Å². The van der Waals surface area contributed by atoms with E-state index in [4.69, 9.17) is 4.74 Å². The topological polar surface area (TPSA) is 54.4 Å². The van der Waals surface area contributed by atoms with Gasteiger partial charge in [0.1, 0.15) is 12.4 Å². The lowest BCUT2D eigenvalue weighted by Crippen LogP contribution is -2.38. The molecule has 1 aliphatic rings. The molecule has 1 fully saturated rings. The Labute approximate surface area is 160 Å². The molecule has 0 amide bonds. The van der Waals surface area contributed by atoms with Gasteiger partial charge in [-0.25, -0.2) is 9.97 Å². The van der Waals surface area contributed by atoms with Crippen molar-refractivity contribution in [3.8, 4) is 0 Å². The second-order valence-corrected chi connectivity index (χ2v) is 7.37. The molecule has 0 atom stereocenters. The van der Waals surface area contributed by atoms with Gasteiger partial charge in [0.2, 0.25) is 5.13 Å². The van der Waals surface area contributed by atoms with Crippen molar-refractivity contribution in [3.63, 3.8) is 0 Å². The van der Waals surface area contributed by atoms with E-state index in [-0.39, 0.29) is 0 Å². The number of nitrogens with zero attached hydrogens (tertiary/aromatic N) is 5. The van der Waals surface area contributed by atoms with E-state index in [1.54, 1.807) is 19.1 Å². The SMILES string of the molecule is COCc1nsc(N2CCC(CN(C)c3cc(C(F)(F)F)ccn3)CC2)n1. The molecule has 148 valence electrons. The van der Waals surface area contributed by atoms with Crippen LogP contribution < -0.4 is 9.80 Å². The lowest BCUT2D eigenvalue weighted by atomic mass is 9.96. The minimum Gasteiger partial charge on any atom is -0.377 e. The van der Waals surface area contributed by atoms with Gasteiger partial charge in [-0.3, -0.25) is 0 Å². The maximum absolute atomic E-state index is 12.9. The Bertz CT molecular complexity index is 746. The van der Waals surface area contributed by atoms with Crippen LogP contribution in [0.4, 0.5) is 24.1 Å². The van der Waals surface area contributed by atoms with Crippen molar-refractivity contribution in [3.05, 3.63) is 29.7 Å². The molecule has 0 bridgehead atoms. The smallest absolute Gasteiger partial charge is 0.377 e. The van der Waals surface area contributed by atoms with Crippen LogP contribution in [0.15, 0.2) is 18.3 Å². The van der Waals surface area contributed by atoms with Crippen LogP contribution in [0.1, 0.15) is 24.2 Å². The molecule has 3 heterocycles. The van der Waals surface area contributed by atoms with Crippen LogP contribution in [0.5, 0.6) is 0 Å². The molecule has 1 saturated heterocycles. The number of rotatable bonds is 6. The number of aromatic nitrogens is 3. The van der Waals surface area contributed by atoms with E-state index < -0.39 is 11.7 Å². The van der Waals surface area contributed by atoms with Crippen LogP contribution in [-0.2, 0) is 17.5 Å². The summed E-state index contributed by atoms with van der Waals surface area (Å²) in [6.07, 6.45) is -1.25. The summed E-state index contributed by atoms with van der Waals surface area (Å²) in [6.45, 7) is 2.79. The number of anilines is 2. The van der Waals surface area contributed by atoms with Gasteiger partial charge in [0.05, 0.1) is 5.56 Å². The van der Waals surface area contributed by atoms with Gasteiger partial charge in [-0.2, -0.15) is 17.5 Å². The lowest BCUT2D eigenvalue weighted by Gasteiger charge is -2.33. The minimum atomic E-state index is -4.35. The molecule has 10 heteroatoms. The Morgan fingerprint density at radius 1 is 1.33 bits per heavy atom. The minimum absolute atomic E-state index is 0.348. The Morgan fingerprint density at radius 2 is 2.07 bits per heavy atom. The highest BCUT2D eigenvalue weighted by Gasteiger charge is 2.31. The van der Waals surface area contributed by atoms with Crippen molar-refractivity contribution < 1.29 is 17.9 Å². The zero-order chi connectivity index (χ0) is 19.4. The fourth-order valence-corrected chi connectivity index (χ4v) is 3.88.